The third-order valence-electron chi connectivity index (χ3n) is 5.93. The number of nitrogens with two attached hydrogens (primary N) is 1. The molecule has 3 amide bonds. The van der Waals surface area contributed by atoms with E-state index in [1.807, 2.05) is 14.1 Å². The molecule has 4 N–H and O–H groups in total. The summed E-state index contributed by atoms with van der Waals surface area (Å²) in [5.41, 5.74) is 6.09. The number of thiazole rings is 1. The van der Waals surface area contributed by atoms with Gasteiger partial charge in [0.1, 0.15) is 12.2 Å². The Kier molecular flexibility index (Phi) is 6.01. The number of aryl methyl sites for hydroxylation is 1. The molecule has 2 aliphatic rings. The van der Waals surface area contributed by atoms with E-state index in [1.165, 1.54) is 17.7 Å². The molecule has 0 saturated heterocycles. The molecule has 4 rings (SSSR count). The molecule has 2 aromatic heterocycles. The number of aromatic nitrogens is 4. The van der Waals surface area contributed by atoms with Crippen LogP contribution in [0.15, 0.2) is 6.33 Å². The lowest BCUT2D eigenvalue weighted by Crippen LogP contribution is -2.56. The minimum atomic E-state index is -1.04. The number of hydrogen-bond acceptors (Lipinski definition) is 8. The molecule has 0 radical (unpaired) electrons. The highest BCUT2D eigenvalue weighted by molar-refractivity contribution is 7.13. The third kappa shape index (κ3) is 4.59. The summed E-state index contributed by atoms with van der Waals surface area (Å²) in [6.07, 6.45) is 4.18. The van der Waals surface area contributed by atoms with E-state index in [2.05, 4.69) is 30.6 Å². The zero-order valence-electron chi connectivity index (χ0n) is 17.5. The highest BCUT2D eigenvalue weighted by Crippen LogP contribution is 2.32. The van der Waals surface area contributed by atoms with Crippen LogP contribution in [0, 0.1) is 0 Å². The van der Waals surface area contributed by atoms with Crippen LogP contribution in [0.3, 0.4) is 0 Å². The number of carbonyl (C=O) groups excluding carboxylic acids is 3. The van der Waals surface area contributed by atoms with E-state index < -0.39 is 23.9 Å². The molecule has 1 aliphatic carbocycles. The number of likely N-dealkylation sites (N-methyl/N-ethyl adjacent to an activating group) is 1. The maximum atomic E-state index is 13.0. The zero-order chi connectivity index (χ0) is 22.1. The van der Waals surface area contributed by atoms with Crippen LogP contribution in [-0.4, -0.2) is 68.0 Å². The summed E-state index contributed by atoms with van der Waals surface area (Å²) in [5, 5.41) is 10.2. The molecular formula is C19H26N8O3S. The Morgan fingerprint density at radius 3 is 2.71 bits per heavy atom. The van der Waals surface area contributed by atoms with Crippen LogP contribution in [0.2, 0.25) is 0 Å². The largest absolute Gasteiger partial charge is 0.361 e. The predicted molar refractivity (Wildman–Crippen MR) is 112 cm³/mol. The molecular weight excluding hydrogens is 420 g/mol. The van der Waals surface area contributed by atoms with Crippen molar-refractivity contribution in [1.29, 1.82) is 0 Å². The number of hydrogen-bond donors (Lipinski definition) is 3. The molecule has 0 bridgehead atoms. The Bertz CT molecular complexity index is 1000. The van der Waals surface area contributed by atoms with Gasteiger partial charge in [-0.15, -0.1) is 11.3 Å². The first-order valence-corrected chi connectivity index (χ1v) is 11.1. The molecule has 3 heterocycles. The van der Waals surface area contributed by atoms with Gasteiger partial charge in [0.2, 0.25) is 0 Å². The van der Waals surface area contributed by atoms with Gasteiger partial charge in [0.05, 0.1) is 11.7 Å². The molecule has 166 valence electrons. The van der Waals surface area contributed by atoms with E-state index in [9.17, 15) is 14.4 Å². The van der Waals surface area contributed by atoms with Crippen molar-refractivity contribution in [2.45, 2.75) is 50.2 Å². The second-order valence-electron chi connectivity index (χ2n) is 8.15. The van der Waals surface area contributed by atoms with Gasteiger partial charge in [0, 0.05) is 43.4 Å². The molecule has 11 nitrogen and oxygen atoms in total. The van der Waals surface area contributed by atoms with Gasteiger partial charge >= 0.3 is 11.8 Å². The lowest BCUT2D eigenvalue weighted by atomic mass is 9.81. The number of fused-ring (bicyclic) bond motifs is 1. The average Bonchev–Trinajstić information content (AvgIpc) is 3.34. The van der Waals surface area contributed by atoms with E-state index in [0.29, 0.717) is 17.8 Å². The van der Waals surface area contributed by atoms with E-state index in [4.69, 9.17) is 5.73 Å². The summed E-state index contributed by atoms with van der Waals surface area (Å²) in [4.78, 5) is 48.4. The van der Waals surface area contributed by atoms with Gasteiger partial charge < -0.3 is 21.3 Å². The maximum Gasteiger partial charge on any atom is 0.309 e. The van der Waals surface area contributed by atoms with Crippen molar-refractivity contribution in [3.8, 4) is 0 Å². The average molecular weight is 447 g/mol. The number of nitrogens with one attached hydrogen (secondary N) is 2. The van der Waals surface area contributed by atoms with Crippen molar-refractivity contribution < 1.29 is 14.4 Å². The molecule has 2 aromatic rings. The van der Waals surface area contributed by atoms with Crippen LogP contribution in [0.5, 0.6) is 0 Å². The van der Waals surface area contributed by atoms with Gasteiger partial charge in [-0.05, 0) is 26.3 Å². The molecule has 31 heavy (non-hydrogen) atoms. The van der Waals surface area contributed by atoms with Gasteiger partial charge in [0.25, 0.3) is 5.91 Å². The molecule has 0 spiro atoms. The van der Waals surface area contributed by atoms with E-state index in [0.717, 1.165) is 42.3 Å². The number of rotatable bonds is 4. The smallest absolute Gasteiger partial charge is 0.309 e. The molecule has 1 fully saturated rings. The lowest BCUT2D eigenvalue weighted by molar-refractivity contribution is -0.138. The topological polar surface area (TPSA) is 148 Å². The fraction of sp³-hybridized carbons (Fsp3) is 0.579. The molecule has 1 aliphatic heterocycles. The third-order valence-corrected chi connectivity index (χ3v) is 7.02. The van der Waals surface area contributed by atoms with Crippen LogP contribution < -0.4 is 16.4 Å². The minimum Gasteiger partial charge on any atom is -0.361 e. The predicted octanol–water partition coefficient (Wildman–Crippen LogP) is -0.704. The second kappa shape index (κ2) is 8.71. The number of carbonyl (C=O) groups is 3. The van der Waals surface area contributed by atoms with Crippen molar-refractivity contribution in [2.24, 2.45) is 12.8 Å². The Balaban J connectivity index is 1.51. The monoisotopic (exact) mass is 446 g/mol. The Morgan fingerprint density at radius 1 is 1.19 bits per heavy atom. The molecule has 0 unspecified atom stereocenters. The van der Waals surface area contributed by atoms with Crippen LogP contribution in [0.25, 0.3) is 0 Å². The fourth-order valence-corrected chi connectivity index (χ4v) is 5.39. The summed E-state index contributed by atoms with van der Waals surface area (Å²) >= 11 is 1.40. The van der Waals surface area contributed by atoms with Crippen molar-refractivity contribution in [1.82, 2.24) is 35.3 Å². The highest BCUT2D eigenvalue weighted by atomic mass is 32.1. The standard InChI is InChI=1S/C19H26N8O3S/c1-26-6-5-12-14(8-26)31-19(25-12)18(30)24-13-7-10(16-21-9-22-27(16)2)3-4-11(13)23-17(29)15(20)28/h9-11,13H,3-8H2,1-2H3,(H2,20,28)(H,23,29)(H,24,30)/t10-,11-,13+/m0/s1. The van der Waals surface area contributed by atoms with Crippen molar-refractivity contribution in [2.75, 3.05) is 13.6 Å². The van der Waals surface area contributed by atoms with E-state index >= 15 is 0 Å². The second-order valence-corrected chi connectivity index (χ2v) is 9.24. The summed E-state index contributed by atoms with van der Waals surface area (Å²) in [6, 6.07) is -0.802. The Hall–Kier alpha value is -2.86. The molecule has 3 atom stereocenters. The summed E-state index contributed by atoms with van der Waals surface area (Å²) in [7, 11) is 3.87. The quantitative estimate of drug-likeness (QED) is 0.526. The Labute approximate surface area is 183 Å². The first-order chi connectivity index (χ1) is 14.8. The molecule has 12 heteroatoms. The number of primary amides is 1. The van der Waals surface area contributed by atoms with Gasteiger partial charge in [-0.3, -0.25) is 19.1 Å². The maximum absolute atomic E-state index is 13.0. The SMILES string of the molecule is CN1CCc2nc(C(=O)N[C@@H]3C[C@@H](c4ncnn4C)CC[C@@H]3NC(=O)C(N)=O)sc2C1. The Morgan fingerprint density at radius 2 is 2.00 bits per heavy atom. The summed E-state index contributed by atoms with van der Waals surface area (Å²) in [6.45, 7) is 1.70. The fourth-order valence-electron chi connectivity index (χ4n) is 4.30. The van der Waals surface area contributed by atoms with Crippen LogP contribution >= 0.6 is 11.3 Å². The first kappa shape index (κ1) is 21.4. The van der Waals surface area contributed by atoms with Crippen LogP contribution in [0.4, 0.5) is 0 Å². The van der Waals surface area contributed by atoms with Crippen molar-refractivity contribution >= 4 is 29.1 Å². The first-order valence-electron chi connectivity index (χ1n) is 10.2. The highest BCUT2D eigenvalue weighted by Gasteiger charge is 2.36. The van der Waals surface area contributed by atoms with E-state index in [1.54, 1.807) is 4.68 Å². The summed E-state index contributed by atoms with van der Waals surface area (Å²) in [5.74, 6) is -1.28. The van der Waals surface area contributed by atoms with Crippen molar-refractivity contribution in [3.63, 3.8) is 0 Å². The molecule has 1 saturated carbocycles. The van der Waals surface area contributed by atoms with Crippen LogP contribution in [-0.2, 0) is 29.6 Å². The van der Waals surface area contributed by atoms with Gasteiger partial charge in [-0.1, -0.05) is 0 Å². The lowest BCUT2D eigenvalue weighted by Gasteiger charge is -2.36. The summed E-state index contributed by atoms with van der Waals surface area (Å²) < 4.78 is 1.72. The minimum absolute atomic E-state index is 0.0673. The van der Waals surface area contributed by atoms with Crippen LogP contribution in [0.1, 0.15) is 51.4 Å². The zero-order valence-corrected chi connectivity index (χ0v) is 18.3. The number of amides is 3. The molecule has 0 aromatic carbocycles. The number of nitrogens with zero attached hydrogens (tertiary/aromatic N) is 5. The van der Waals surface area contributed by atoms with Gasteiger partial charge in [-0.2, -0.15) is 5.10 Å². The van der Waals surface area contributed by atoms with E-state index in [-0.39, 0.29) is 11.8 Å². The van der Waals surface area contributed by atoms with Gasteiger partial charge in [0.15, 0.2) is 5.01 Å². The van der Waals surface area contributed by atoms with Gasteiger partial charge in [-0.25, -0.2) is 9.97 Å². The normalized spacial score (nSPS) is 23.7. The van der Waals surface area contributed by atoms with Crippen molar-refractivity contribution in [3.05, 3.63) is 27.7 Å².